The Kier molecular flexibility index (Phi) is 3.84. The molecule has 1 aromatic heterocycles. The summed E-state index contributed by atoms with van der Waals surface area (Å²) in [5.74, 6) is 0.590. The van der Waals surface area contributed by atoms with Gasteiger partial charge in [0.15, 0.2) is 0 Å². The Balaban J connectivity index is 1.80. The minimum atomic E-state index is -2.77. The summed E-state index contributed by atoms with van der Waals surface area (Å²) >= 11 is 7.22. The first-order valence-corrected chi connectivity index (χ1v) is 8.11. The summed E-state index contributed by atoms with van der Waals surface area (Å²) < 4.78 is 23.1. The molecule has 4 nitrogen and oxygen atoms in total. The number of aromatic nitrogens is 1. The molecule has 1 saturated heterocycles. The van der Waals surface area contributed by atoms with Gasteiger partial charge in [0.25, 0.3) is 0 Å². The number of hydrogen-bond acceptors (Lipinski definition) is 5. The molecule has 1 N–H and O–H groups in total. The molecule has 1 fully saturated rings. The lowest BCUT2D eigenvalue weighted by Gasteiger charge is -2.22. The average molecular weight is 281 g/mol. The number of nitrogens with zero attached hydrogens (tertiary/aromatic N) is 1. The average Bonchev–Trinajstić information content (AvgIpc) is 2.63. The monoisotopic (exact) mass is 280 g/mol. The normalized spacial score (nSPS) is 21.1. The first-order valence-electron chi connectivity index (χ1n) is 5.09. The largest absolute Gasteiger partial charge is 0.308 e. The summed E-state index contributed by atoms with van der Waals surface area (Å²) in [6.45, 7) is 0.669. The Morgan fingerprint density at radius 3 is 2.75 bits per heavy atom. The van der Waals surface area contributed by atoms with Crippen LogP contribution in [-0.2, 0) is 16.4 Å². The second-order valence-corrected chi connectivity index (χ2v) is 7.92. The molecule has 0 bridgehead atoms. The SMILES string of the molecule is O=S1(=O)CCC(NCc2ncc(Cl)s2)CC1. The van der Waals surface area contributed by atoms with Crippen molar-refractivity contribution in [2.45, 2.75) is 25.4 Å². The zero-order valence-electron chi connectivity index (χ0n) is 8.65. The van der Waals surface area contributed by atoms with E-state index in [0.717, 1.165) is 5.01 Å². The van der Waals surface area contributed by atoms with Crippen molar-refractivity contribution in [2.75, 3.05) is 11.5 Å². The molecule has 2 rings (SSSR count). The van der Waals surface area contributed by atoms with Crippen LogP contribution in [0.2, 0.25) is 4.34 Å². The van der Waals surface area contributed by atoms with Crippen LogP contribution in [0.5, 0.6) is 0 Å². The van der Waals surface area contributed by atoms with E-state index in [2.05, 4.69) is 10.3 Å². The maximum absolute atomic E-state index is 11.2. The van der Waals surface area contributed by atoms with Crippen LogP contribution in [0.3, 0.4) is 0 Å². The number of nitrogens with one attached hydrogen (secondary N) is 1. The maximum atomic E-state index is 11.2. The van der Waals surface area contributed by atoms with E-state index in [1.54, 1.807) is 6.20 Å². The summed E-state index contributed by atoms with van der Waals surface area (Å²) in [4.78, 5) is 4.13. The summed E-state index contributed by atoms with van der Waals surface area (Å²) in [5, 5.41) is 4.26. The Hall–Kier alpha value is -0.170. The van der Waals surface area contributed by atoms with Crippen molar-refractivity contribution in [1.29, 1.82) is 0 Å². The quantitative estimate of drug-likeness (QED) is 0.911. The van der Waals surface area contributed by atoms with Crippen molar-refractivity contribution < 1.29 is 8.42 Å². The van der Waals surface area contributed by atoms with Crippen LogP contribution in [0.4, 0.5) is 0 Å². The van der Waals surface area contributed by atoms with E-state index in [4.69, 9.17) is 11.6 Å². The second-order valence-electron chi connectivity index (χ2n) is 3.87. The van der Waals surface area contributed by atoms with Crippen LogP contribution < -0.4 is 5.32 Å². The summed E-state index contributed by atoms with van der Waals surface area (Å²) in [6.07, 6.45) is 3.03. The van der Waals surface area contributed by atoms with E-state index < -0.39 is 9.84 Å². The third-order valence-electron chi connectivity index (χ3n) is 2.62. The maximum Gasteiger partial charge on any atom is 0.150 e. The van der Waals surface area contributed by atoms with E-state index >= 15 is 0 Å². The van der Waals surface area contributed by atoms with Crippen molar-refractivity contribution in [2.24, 2.45) is 0 Å². The zero-order valence-corrected chi connectivity index (χ0v) is 11.0. The highest BCUT2D eigenvalue weighted by atomic mass is 35.5. The minimum absolute atomic E-state index is 0.284. The van der Waals surface area contributed by atoms with Gasteiger partial charge < -0.3 is 5.32 Å². The highest BCUT2D eigenvalue weighted by molar-refractivity contribution is 7.91. The van der Waals surface area contributed by atoms with Gasteiger partial charge in [0.05, 0.1) is 17.7 Å². The number of rotatable bonds is 3. The van der Waals surface area contributed by atoms with Gasteiger partial charge in [-0.1, -0.05) is 11.6 Å². The minimum Gasteiger partial charge on any atom is -0.308 e. The first kappa shape index (κ1) is 12.3. The summed E-state index contributed by atoms with van der Waals surface area (Å²) in [5.41, 5.74) is 0. The van der Waals surface area contributed by atoms with Crippen LogP contribution in [0, 0.1) is 0 Å². The standard InChI is InChI=1S/C9H13ClN2O2S2/c10-8-5-12-9(15-8)6-11-7-1-3-16(13,14)4-2-7/h5,7,11H,1-4,6H2. The topological polar surface area (TPSA) is 59.1 Å². The van der Waals surface area contributed by atoms with Crippen LogP contribution >= 0.6 is 22.9 Å². The number of hydrogen-bond donors (Lipinski definition) is 1. The van der Waals surface area contributed by atoms with Gasteiger partial charge in [0, 0.05) is 12.6 Å². The van der Waals surface area contributed by atoms with Gasteiger partial charge >= 0.3 is 0 Å². The Morgan fingerprint density at radius 1 is 1.50 bits per heavy atom. The fourth-order valence-electron chi connectivity index (χ4n) is 1.70. The van der Waals surface area contributed by atoms with Gasteiger partial charge in [-0.05, 0) is 12.8 Å². The third-order valence-corrected chi connectivity index (χ3v) is 5.45. The Bertz CT molecular complexity index is 444. The number of halogens is 1. The molecule has 1 aromatic rings. The molecule has 0 amide bonds. The smallest absolute Gasteiger partial charge is 0.150 e. The molecule has 0 radical (unpaired) electrons. The molecular formula is C9H13ClN2O2S2. The van der Waals surface area contributed by atoms with E-state index in [9.17, 15) is 8.42 Å². The molecular weight excluding hydrogens is 268 g/mol. The molecule has 1 aliphatic rings. The van der Waals surface area contributed by atoms with Gasteiger partial charge in [-0.3, -0.25) is 0 Å². The van der Waals surface area contributed by atoms with Crippen molar-refractivity contribution in [3.63, 3.8) is 0 Å². The Morgan fingerprint density at radius 2 is 2.19 bits per heavy atom. The van der Waals surface area contributed by atoms with Gasteiger partial charge in [0.1, 0.15) is 19.2 Å². The van der Waals surface area contributed by atoms with Crippen LogP contribution in [0.25, 0.3) is 0 Å². The molecule has 0 spiro atoms. The third kappa shape index (κ3) is 3.41. The van der Waals surface area contributed by atoms with Gasteiger partial charge in [-0.15, -0.1) is 11.3 Å². The lowest BCUT2D eigenvalue weighted by molar-refractivity contribution is 0.462. The van der Waals surface area contributed by atoms with Crippen LogP contribution in [0.15, 0.2) is 6.20 Å². The highest BCUT2D eigenvalue weighted by Gasteiger charge is 2.23. The lowest BCUT2D eigenvalue weighted by Crippen LogP contribution is -2.37. The van der Waals surface area contributed by atoms with Crippen LogP contribution in [-0.4, -0.2) is 30.9 Å². The van der Waals surface area contributed by atoms with E-state index in [1.807, 2.05) is 0 Å². The van der Waals surface area contributed by atoms with E-state index in [-0.39, 0.29) is 6.04 Å². The fourth-order valence-corrected chi connectivity index (χ4v) is 4.09. The molecule has 0 unspecified atom stereocenters. The molecule has 0 aromatic carbocycles. The Labute approximate surface area is 104 Å². The van der Waals surface area contributed by atoms with Crippen molar-refractivity contribution in [1.82, 2.24) is 10.3 Å². The second kappa shape index (κ2) is 5.00. The van der Waals surface area contributed by atoms with Crippen molar-refractivity contribution >= 4 is 32.8 Å². The predicted molar refractivity (Wildman–Crippen MR) is 65.6 cm³/mol. The van der Waals surface area contributed by atoms with Crippen molar-refractivity contribution in [3.8, 4) is 0 Å². The molecule has 0 saturated carbocycles. The molecule has 1 aliphatic heterocycles. The zero-order chi connectivity index (χ0) is 11.6. The number of thiazole rings is 1. The summed E-state index contributed by atoms with van der Waals surface area (Å²) in [7, 11) is -2.77. The van der Waals surface area contributed by atoms with Gasteiger partial charge in [-0.25, -0.2) is 13.4 Å². The molecule has 2 heterocycles. The first-order chi connectivity index (χ1) is 7.55. The molecule has 0 atom stereocenters. The number of sulfone groups is 1. The molecule has 16 heavy (non-hydrogen) atoms. The highest BCUT2D eigenvalue weighted by Crippen LogP contribution is 2.19. The molecule has 0 aliphatic carbocycles. The van der Waals surface area contributed by atoms with Crippen molar-refractivity contribution in [3.05, 3.63) is 15.5 Å². The van der Waals surface area contributed by atoms with Crippen LogP contribution in [0.1, 0.15) is 17.8 Å². The lowest BCUT2D eigenvalue weighted by atomic mass is 10.1. The molecule has 90 valence electrons. The van der Waals surface area contributed by atoms with E-state index in [0.29, 0.717) is 35.2 Å². The predicted octanol–water partition coefficient (Wildman–Crippen LogP) is 1.46. The fraction of sp³-hybridized carbons (Fsp3) is 0.667. The molecule has 7 heteroatoms. The van der Waals surface area contributed by atoms with Gasteiger partial charge in [-0.2, -0.15) is 0 Å². The summed E-state index contributed by atoms with van der Waals surface area (Å²) in [6, 6.07) is 0.284. The van der Waals surface area contributed by atoms with E-state index in [1.165, 1.54) is 11.3 Å². The van der Waals surface area contributed by atoms with Gasteiger partial charge in [0.2, 0.25) is 0 Å².